The van der Waals surface area contributed by atoms with E-state index in [4.69, 9.17) is 11.6 Å². The van der Waals surface area contributed by atoms with Crippen LogP contribution >= 0.6 is 11.6 Å². The number of hydrogen-bond donors (Lipinski definition) is 2. The molecule has 0 bridgehead atoms. The molecule has 2 aliphatic heterocycles. The molecule has 2 aliphatic rings. The van der Waals surface area contributed by atoms with E-state index in [9.17, 15) is 14.4 Å². The highest BCUT2D eigenvalue weighted by Crippen LogP contribution is 2.21. The van der Waals surface area contributed by atoms with E-state index >= 15 is 0 Å². The lowest BCUT2D eigenvalue weighted by atomic mass is 9.94. The van der Waals surface area contributed by atoms with Crippen LogP contribution in [0.4, 0.5) is 10.5 Å². The number of anilines is 1. The average molecular weight is 365 g/mol. The highest BCUT2D eigenvalue weighted by molar-refractivity contribution is 6.30. The van der Waals surface area contributed by atoms with Gasteiger partial charge in [-0.05, 0) is 31.2 Å². The van der Waals surface area contributed by atoms with Crippen LogP contribution in [0.3, 0.4) is 0 Å². The zero-order chi connectivity index (χ0) is 18.0. The first-order valence-electron chi connectivity index (χ1n) is 8.33. The van der Waals surface area contributed by atoms with Gasteiger partial charge in [0.05, 0.1) is 5.92 Å². The quantitative estimate of drug-likeness (QED) is 0.845. The van der Waals surface area contributed by atoms with E-state index in [1.165, 1.54) is 0 Å². The van der Waals surface area contributed by atoms with Crippen molar-refractivity contribution in [3.8, 4) is 0 Å². The number of nitrogens with one attached hydrogen (secondary N) is 2. The molecule has 1 aromatic rings. The fourth-order valence-electron chi connectivity index (χ4n) is 3.23. The summed E-state index contributed by atoms with van der Waals surface area (Å²) in [4.78, 5) is 39.7. The molecule has 0 saturated carbocycles. The van der Waals surface area contributed by atoms with Crippen LogP contribution in [-0.4, -0.2) is 55.0 Å². The van der Waals surface area contributed by atoms with Gasteiger partial charge in [0.15, 0.2) is 0 Å². The molecule has 8 heteroatoms. The van der Waals surface area contributed by atoms with Crippen molar-refractivity contribution in [2.75, 3.05) is 31.1 Å². The van der Waals surface area contributed by atoms with Gasteiger partial charge in [0.25, 0.3) is 0 Å². The van der Waals surface area contributed by atoms with Crippen LogP contribution < -0.4 is 15.5 Å². The van der Waals surface area contributed by atoms with E-state index in [0.717, 1.165) is 18.8 Å². The van der Waals surface area contributed by atoms with Crippen LogP contribution in [-0.2, 0) is 9.59 Å². The smallest absolute Gasteiger partial charge is 0.321 e. The molecule has 2 heterocycles. The van der Waals surface area contributed by atoms with E-state index in [1.54, 1.807) is 11.8 Å². The lowest BCUT2D eigenvalue weighted by molar-refractivity contribution is -0.137. The predicted octanol–water partition coefficient (Wildman–Crippen LogP) is 1.22. The van der Waals surface area contributed by atoms with Crippen LogP contribution in [0.15, 0.2) is 24.3 Å². The second-order valence-corrected chi connectivity index (χ2v) is 6.84. The largest absolute Gasteiger partial charge is 0.368 e. The van der Waals surface area contributed by atoms with Crippen LogP contribution in [0.1, 0.15) is 13.3 Å². The van der Waals surface area contributed by atoms with Crippen LogP contribution in [0.25, 0.3) is 0 Å². The molecule has 0 aliphatic carbocycles. The third-order valence-electron chi connectivity index (χ3n) is 4.75. The van der Waals surface area contributed by atoms with Gasteiger partial charge in [-0.1, -0.05) is 11.6 Å². The minimum absolute atomic E-state index is 0.0566. The van der Waals surface area contributed by atoms with Crippen molar-refractivity contribution in [3.63, 3.8) is 0 Å². The summed E-state index contributed by atoms with van der Waals surface area (Å²) in [5.74, 6) is -0.970. The molecule has 25 heavy (non-hydrogen) atoms. The maximum Gasteiger partial charge on any atom is 0.321 e. The molecule has 2 saturated heterocycles. The Hall–Kier alpha value is -2.28. The normalized spacial score (nSPS) is 23.9. The lowest BCUT2D eigenvalue weighted by Crippen LogP contribution is -2.58. The molecular weight excluding hydrogens is 344 g/mol. The van der Waals surface area contributed by atoms with E-state index in [-0.39, 0.29) is 24.3 Å². The Morgan fingerprint density at radius 3 is 2.40 bits per heavy atom. The summed E-state index contributed by atoms with van der Waals surface area (Å²) in [5.41, 5.74) is 1.08. The number of imide groups is 1. The van der Waals surface area contributed by atoms with Crippen molar-refractivity contribution in [2.45, 2.75) is 19.4 Å². The number of rotatable bonds is 3. The van der Waals surface area contributed by atoms with Gasteiger partial charge in [-0.2, -0.15) is 0 Å². The maximum absolute atomic E-state index is 12.5. The highest BCUT2D eigenvalue weighted by atomic mass is 35.5. The van der Waals surface area contributed by atoms with Gasteiger partial charge < -0.3 is 15.1 Å². The SMILES string of the molecule is CC1NC(=O)NC(=O)C1CC(=O)N1CCN(c2ccc(Cl)cc2)CC1. The summed E-state index contributed by atoms with van der Waals surface area (Å²) in [7, 11) is 0. The number of hydrogen-bond acceptors (Lipinski definition) is 4. The summed E-state index contributed by atoms with van der Waals surface area (Å²) in [6.45, 7) is 4.42. The van der Waals surface area contributed by atoms with Crippen molar-refractivity contribution in [1.29, 1.82) is 0 Å². The summed E-state index contributed by atoms with van der Waals surface area (Å²) < 4.78 is 0. The van der Waals surface area contributed by atoms with Gasteiger partial charge in [0.1, 0.15) is 0 Å². The molecule has 2 atom stereocenters. The molecule has 0 spiro atoms. The van der Waals surface area contributed by atoms with Gasteiger partial charge in [-0.3, -0.25) is 14.9 Å². The first-order valence-corrected chi connectivity index (χ1v) is 8.71. The van der Waals surface area contributed by atoms with E-state index < -0.39 is 11.9 Å². The van der Waals surface area contributed by atoms with Gasteiger partial charge >= 0.3 is 6.03 Å². The molecule has 134 valence electrons. The Bertz CT molecular complexity index is 671. The number of carbonyl (C=O) groups excluding carboxylic acids is 3. The summed E-state index contributed by atoms with van der Waals surface area (Å²) in [6.07, 6.45) is 0.105. The number of benzene rings is 1. The maximum atomic E-state index is 12.5. The predicted molar refractivity (Wildman–Crippen MR) is 94.5 cm³/mol. The van der Waals surface area contributed by atoms with Crippen LogP contribution in [0, 0.1) is 5.92 Å². The summed E-state index contributed by atoms with van der Waals surface area (Å²) in [5, 5.41) is 5.56. The summed E-state index contributed by atoms with van der Waals surface area (Å²) in [6, 6.07) is 6.79. The third kappa shape index (κ3) is 4.04. The van der Waals surface area contributed by atoms with Crippen molar-refractivity contribution in [3.05, 3.63) is 29.3 Å². The van der Waals surface area contributed by atoms with Gasteiger partial charge in [-0.15, -0.1) is 0 Å². The van der Waals surface area contributed by atoms with E-state index in [0.29, 0.717) is 18.1 Å². The van der Waals surface area contributed by atoms with Gasteiger partial charge in [-0.25, -0.2) is 4.79 Å². The van der Waals surface area contributed by atoms with Gasteiger partial charge in [0.2, 0.25) is 11.8 Å². The van der Waals surface area contributed by atoms with Crippen molar-refractivity contribution in [2.24, 2.45) is 5.92 Å². The van der Waals surface area contributed by atoms with Crippen molar-refractivity contribution >= 4 is 35.1 Å². The molecular formula is C17H21ClN4O3. The number of carbonyl (C=O) groups is 3. The van der Waals surface area contributed by atoms with Crippen molar-refractivity contribution in [1.82, 2.24) is 15.5 Å². The Morgan fingerprint density at radius 1 is 1.16 bits per heavy atom. The fraction of sp³-hybridized carbons (Fsp3) is 0.471. The van der Waals surface area contributed by atoms with E-state index in [2.05, 4.69) is 15.5 Å². The van der Waals surface area contributed by atoms with Crippen LogP contribution in [0.5, 0.6) is 0 Å². The first-order chi connectivity index (χ1) is 11.9. The Balaban J connectivity index is 1.54. The van der Waals surface area contributed by atoms with Gasteiger partial charge in [0, 0.05) is 49.4 Å². The fourth-order valence-corrected chi connectivity index (χ4v) is 3.35. The Labute approximate surface area is 151 Å². The lowest BCUT2D eigenvalue weighted by Gasteiger charge is -2.37. The number of urea groups is 1. The molecule has 1 aromatic carbocycles. The number of halogens is 1. The number of piperazine rings is 1. The number of nitrogens with zero attached hydrogens (tertiary/aromatic N) is 2. The first kappa shape index (κ1) is 17.5. The van der Waals surface area contributed by atoms with E-state index in [1.807, 2.05) is 24.3 Å². The zero-order valence-corrected chi connectivity index (χ0v) is 14.8. The zero-order valence-electron chi connectivity index (χ0n) is 14.0. The second-order valence-electron chi connectivity index (χ2n) is 6.41. The minimum atomic E-state index is -0.528. The molecule has 0 aromatic heterocycles. The molecule has 2 unspecified atom stereocenters. The molecule has 0 radical (unpaired) electrons. The molecule has 2 fully saturated rings. The van der Waals surface area contributed by atoms with Crippen molar-refractivity contribution < 1.29 is 14.4 Å². The molecule has 7 nitrogen and oxygen atoms in total. The standard InChI is InChI=1S/C17H21ClN4O3/c1-11-14(16(24)20-17(25)19-11)10-15(23)22-8-6-21(7-9-22)13-4-2-12(18)3-5-13/h2-5,11,14H,6-10H2,1H3,(H2,19,20,24,25). The Morgan fingerprint density at radius 2 is 1.80 bits per heavy atom. The molecule has 4 amide bonds. The topological polar surface area (TPSA) is 81.8 Å². The number of amides is 4. The highest BCUT2D eigenvalue weighted by Gasteiger charge is 2.35. The average Bonchev–Trinajstić information content (AvgIpc) is 2.59. The molecule has 3 rings (SSSR count). The summed E-state index contributed by atoms with van der Waals surface area (Å²) >= 11 is 5.91. The Kier molecular flexibility index (Phi) is 5.13. The van der Waals surface area contributed by atoms with Crippen LogP contribution in [0.2, 0.25) is 5.02 Å². The minimum Gasteiger partial charge on any atom is -0.368 e. The third-order valence-corrected chi connectivity index (χ3v) is 5.01. The monoisotopic (exact) mass is 364 g/mol. The second kappa shape index (κ2) is 7.31. The molecule has 2 N–H and O–H groups in total.